The molecule has 2 aromatic rings. The third-order valence-corrected chi connectivity index (χ3v) is 5.74. The predicted octanol–water partition coefficient (Wildman–Crippen LogP) is 5.08. The van der Waals surface area contributed by atoms with Crippen molar-refractivity contribution in [2.24, 2.45) is 0 Å². The number of hydrogen-bond donors (Lipinski definition) is 0. The summed E-state index contributed by atoms with van der Waals surface area (Å²) < 4.78 is 12.0. The Labute approximate surface area is 187 Å². The zero-order valence-corrected chi connectivity index (χ0v) is 18.9. The van der Waals surface area contributed by atoms with Gasteiger partial charge in [-0.2, -0.15) is 5.26 Å². The Bertz CT molecular complexity index is 1060. The van der Waals surface area contributed by atoms with E-state index in [1.807, 2.05) is 38.1 Å². The van der Waals surface area contributed by atoms with Crippen LogP contribution in [0.3, 0.4) is 0 Å². The first-order valence-corrected chi connectivity index (χ1v) is 10.7. The number of nitrogens with zero attached hydrogens (tertiary/aromatic N) is 2. The molecule has 0 aromatic heterocycles. The molecule has 1 fully saturated rings. The Kier molecular flexibility index (Phi) is 7.19. The molecule has 0 spiro atoms. The zero-order valence-electron chi connectivity index (χ0n) is 16.5. The molecule has 0 atom stereocenters. The van der Waals surface area contributed by atoms with Gasteiger partial charge in [-0.1, -0.05) is 28.1 Å². The van der Waals surface area contributed by atoms with E-state index in [0.717, 1.165) is 33.1 Å². The topological polar surface area (TPSA) is 79.6 Å². The number of benzene rings is 2. The standard InChI is InChI=1S/C22H19BrN2O4S/c1-14-3-4-15(2)19(11-14)29-10-8-25-21(26)20(30-22(25)27)13-16-12-17(23)5-6-18(16)28-9-7-24/h3-6,11-13H,8-10H2,1-2H3/b20-13-. The Morgan fingerprint density at radius 3 is 2.70 bits per heavy atom. The SMILES string of the molecule is Cc1ccc(C)c(OCCN2C(=O)S/C(=C\c3cc(Br)ccc3OCC#N)C2=O)c1. The highest BCUT2D eigenvalue weighted by atomic mass is 79.9. The van der Waals surface area contributed by atoms with E-state index >= 15 is 0 Å². The number of halogens is 1. The fourth-order valence-corrected chi connectivity index (χ4v) is 4.05. The number of nitriles is 1. The molecule has 1 heterocycles. The Balaban J connectivity index is 1.71. The average Bonchev–Trinajstić information content (AvgIpc) is 2.97. The van der Waals surface area contributed by atoms with Gasteiger partial charge in [0.25, 0.3) is 11.1 Å². The maximum absolute atomic E-state index is 12.7. The van der Waals surface area contributed by atoms with Crippen molar-refractivity contribution in [1.82, 2.24) is 4.90 Å². The smallest absolute Gasteiger partial charge is 0.293 e. The number of amides is 2. The van der Waals surface area contributed by atoms with Crippen LogP contribution in [0.2, 0.25) is 0 Å². The molecular weight excluding hydrogens is 468 g/mol. The van der Waals surface area contributed by atoms with Gasteiger partial charge in [0.05, 0.1) is 11.4 Å². The van der Waals surface area contributed by atoms with Gasteiger partial charge in [0.2, 0.25) is 0 Å². The number of carbonyl (C=O) groups is 2. The van der Waals surface area contributed by atoms with Crippen LogP contribution in [0.5, 0.6) is 11.5 Å². The lowest BCUT2D eigenvalue weighted by molar-refractivity contribution is -0.123. The highest BCUT2D eigenvalue weighted by Gasteiger charge is 2.35. The van der Waals surface area contributed by atoms with Crippen LogP contribution in [0.25, 0.3) is 6.08 Å². The zero-order chi connectivity index (χ0) is 21.7. The molecule has 1 saturated heterocycles. The summed E-state index contributed by atoms with van der Waals surface area (Å²) >= 11 is 4.26. The van der Waals surface area contributed by atoms with Gasteiger partial charge in [-0.3, -0.25) is 14.5 Å². The van der Waals surface area contributed by atoms with Crippen molar-refractivity contribution in [2.45, 2.75) is 13.8 Å². The summed E-state index contributed by atoms with van der Waals surface area (Å²) in [7, 11) is 0. The van der Waals surface area contributed by atoms with Crippen LogP contribution in [-0.2, 0) is 4.79 Å². The van der Waals surface area contributed by atoms with Crippen molar-refractivity contribution in [1.29, 1.82) is 5.26 Å². The normalized spacial score (nSPS) is 14.9. The second kappa shape index (κ2) is 9.83. The van der Waals surface area contributed by atoms with Gasteiger partial charge in [0.1, 0.15) is 24.2 Å². The molecule has 2 amide bonds. The highest BCUT2D eigenvalue weighted by Crippen LogP contribution is 2.34. The molecule has 1 aliphatic rings. The minimum absolute atomic E-state index is 0.111. The lowest BCUT2D eigenvalue weighted by atomic mass is 10.1. The fourth-order valence-electron chi connectivity index (χ4n) is 2.82. The van der Waals surface area contributed by atoms with E-state index in [1.54, 1.807) is 24.3 Å². The van der Waals surface area contributed by atoms with Crippen LogP contribution in [0.4, 0.5) is 4.79 Å². The van der Waals surface area contributed by atoms with E-state index in [9.17, 15) is 9.59 Å². The summed E-state index contributed by atoms with van der Waals surface area (Å²) in [5, 5.41) is 8.40. The molecule has 0 aliphatic carbocycles. The van der Waals surface area contributed by atoms with E-state index in [0.29, 0.717) is 16.2 Å². The second-order valence-electron chi connectivity index (χ2n) is 6.58. The van der Waals surface area contributed by atoms with E-state index in [1.165, 1.54) is 4.90 Å². The van der Waals surface area contributed by atoms with Gasteiger partial charge in [-0.05, 0) is 67.1 Å². The number of hydrogen-bond acceptors (Lipinski definition) is 6. The van der Waals surface area contributed by atoms with Crippen molar-refractivity contribution in [3.8, 4) is 17.6 Å². The van der Waals surface area contributed by atoms with Crippen molar-refractivity contribution in [3.63, 3.8) is 0 Å². The minimum atomic E-state index is -0.374. The van der Waals surface area contributed by atoms with E-state index in [-0.39, 0.29) is 30.9 Å². The number of thioether (sulfide) groups is 1. The van der Waals surface area contributed by atoms with Crippen molar-refractivity contribution in [3.05, 3.63) is 62.5 Å². The molecule has 0 unspecified atom stereocenters. The number of ether oxygens (including phenoxy) is 2. The van der Waals surface area contributed by atoms with Crippen molar-refractivity contribution < 1.29 is 19.1 Å². The summed E-state index contributed by atoms with van der Waals surface area (Å²) in [5.41, 5.74) is 2.68. The van der Waals surface area contributed by atoms with E-state index in [4.69, 9.17) is 14.7 Å². The number of aryl methyl sites for hydroxylation is 2. The summed E-state index contributed by atoms with van der Waals surface area (Å²) in [4.78, 5) is 26.6. The third kappa shape index (κ3) is 5.23. The largest absolute Gasteiger partial charge is 0.491 e. The molecule has 0 saturated carbocycles. The predicted molar refractivity (Wildman–Crippen MR) is 119 cm³/mol. The van der Waals surface area contributed by atoms with Gasteiger partial charge in [-0.15, -0.1) is 0 Å². The first-order chi connectivity index (χ1) is 14.4. The second-order valence-corrected chi connectivity index (χ2v) is 8.49. The summed E-state index contributed by atoms with van der Waals surface area (Å²) in [6.45, 7) is 4.18. The first kappa shape index (κ1) is 21.9. The lowest BCUT2D eigenvalue weighted by Crippen LogP contribution is -2.32. The minimum Gasteiger partial charge on any atom is -0.491 e. The molecule has 30 heavy (non-hydrogen) atoms. The number of imide groups is 1. The van der Waals surface area contributed by atoms with Crippen LogP contribution in [0.15, 0.2) is 45.8 Å². The van der Waals surface area contributed by atoms with Crippen LogP contribution < -0.4 is 9.47 Å². The number of rotatable bonds is 7. The quantitative estimate of drug-likeness (QED) is 0.507. The van der Waals surface area contributed by atoms with Crippen molar-refractivity contribution in [2.75, 3.05) is 19.8 Å². The molecule has 3 rings (SSSR count). The molecule has 0 bridgehead atoms. The molecule has 0 N–H and O–H groups in total. The van der Waals surface area contributed by atoms with Crippen molar-refractivity contribution >= 4 is 44.9 Å². The van der Waals surface area contributed by atoms with Crippen LogP contribution in [0, 0.1) is 25.2 Å². The summed E-state index contributed by atoms with van der Waals surface area (Å²) in [5.74, 6) is 0.830. The van der Waals surface area contributed by atoms with Gasteiger partial charge in [0.15, 0.2) is 6.61 Å². The monoisotopic (exact) mass is 486 g/mol. The maximum Gasteiger partial charge on any atom is 0.293 e. The fraction of sp³-hybridized carbons (Fsp3) is 0.227. The molecule has 0 radical (unpaired) electrons. The Hall–Kier alpha value is -2.76. The molecular formula is C22H19BrN2O4S. The third-order valence-electron chi connectivity index (χ3n) is 4.34. The maximum atomic E-state index is 12.7. The van der Waals surface area contributed by atoms with E-state index < -0.39 is 0 Å². The molecule has 1 aliphatic heterocycles. The average molecular weight is 487 g/mol. The van der Waals surface area contributed by atoms with Crippen LogP contribution in [-0.4, -0.2) is 35.8 Å². The summed E-state index contributed by atoms with van der Waals surface area (Å²) in [6.07, 6.45) is 1.61. The highest BCUT2D eigenvalue weighted by molar-refractivity contribution is 9.10. The van der Waals surface area contributed by atoms with Gasteiger partial charge < -0.3 is 9.47 Å². The van der Waals surface area contributed by atoms with E-state index in [2.05, 4.69) is 15.9 Å². The van der Waals surface area contributed by atoms with Gasteiger partial charge in [0, 0.05) is 10.0 Å². The Morgan fingerprint density at radius 1 is 1.13 bits per heavy atom. The molecule has 6 nitrogen and oxygen atoms in total. The Morgan fingerprint density at radius 2 is 1.93 bits per heavy atom. The summed E-state index contributed by atoms with van der Waals surface area (Å²) in [6, 6.07) is 13.1. The van der Waals surface area contributed by atoms with Gasteiger partial charge >= 0.3 is 0 Å². The molecule has 2 aromatic carbocycles. The van der Waals surface area contributed by atoms with Crippen LogP contribution in [0.1, 0.15) is 16.7 Å². The first-order valence-electron chi connectivity index (χ1n) is 9.14. The molecule has 8 heteroatoms. The number of carbonyl (C=O) groups excluding carboxylic acids is 2. The lowest BCUT2D eigenvalue weighted by Gasteiger charge is -2.14. The van der Waals surface area contributed by atoms with Crippen LogP contribution >= 0.6 is 27.7 Å². The van der Waals surface area contributed by atoms with Gasteiger partial charge in [-0.25, -0.2) is 0 Å². The molecule has 154 valence electrons.